The first kappa shape index (κ1) is 21.6. The lowest BCUT2D eigenvalue weighted by atomic mass is 10.1. The van der Waals surface area contributed by atoms with Gasteiger partial charge in [0.1, 0.15) is 0 Å². The lowest BCUT2D eigenvalue weighted by Gasteiger charge is -2.22. The van der Waals surface area contributed by atoms with Crippen LogP contribution in [0.2, 0.25) is 0 Å². The summed E-state index contributed by atoms with van der Waals surface area (Å²) in [5, 5.41) is 3.06. The Labute approximate surface area is 187 Å². The van der Waals surface area contributed by atoms with Crippen LogP contribution in [0.5, 0.6) is 0 Å². The van der Waals surface area contributed by atoms with Crippen molar-refractivity contribution in [2.24, 2.45) is 0 Å². The predicted molar refractivity (Wildman–Crippen MR) is 123 cm³/mol. The molecule has 7 heteroatoms. The maximum atomic E-state index is 12.8. The molecule has 3 aromatic rings. The van der Waals surface area contributed by atoms with E-state index in [9.17, 15) is 4.79 Å². The summed E-state index contributed by atoms with van der Waals surface area (Å²) in [5.74, 6) is -0.0626. The fourth-order valence-corrected chi connectivity index (χ4v) is 3.85. The van der Waals surface area contributed by atoms with Gasteiger partial charge in [-0.2, -0.15) is 0 Å². The minimum absolute atomic E-state index is 0.0626. The summed E-state index contributed by atoms with van der Waals surface area (Å²) in [4.78, 5) is 23.7. The van der Waals surface area contributed by atoms with Gasteiger partial charge in [-0.15, -0.1) is 0 Å². The van der Waals surface area contributed by atoms with E-state index in [1.54, 1.807) is 12.4 Å². The van der Waals surface area contributed by atoms with Crippen molar-refractivity contribution in [2.75, 3.05) is 11.9 Å². The van der Waals surface area contributed by atoms with Gasteiger partial charge in [0.25, 0.3) is 0 Å². The van der Waals surface area contributed by atoms with Crippen molar-refractivity contribution in [2.45, 2.75) is 26.9 Å². The van der Waals surface area contributed by atoms with Crippen LogP contribution in [0.15, 0.2) is 63.8 Å². The maximum absolute atomic E-state index is 12.8. The second-order valence-electron chi connectivity index (χ2n) is 6.89. The number of anilines is 1. The van der Waals surface area contributed by atoms with Gasteiger partial charge < -0.3 is 5.32 Å². The van der Waals surface area contributed by atoms with Crippen molar-refractivity contribution in [3.05, 3.63) is 86.3 Å². The molecule has 0 spiro atoms. The van der Waals surface area contributed by atoms with Gasteiger partial charge in [0, 0.05) is 40.1 Å². The number of para-hydroxylation sites is 1. The third-order valence-corrected chi connectivity index (χ3v) is 5.43. The first-order valence-corrected chi connectivity index (χ1v) is 10.8. The smallest absolute Gasteiger partial charge is 0.238 e. The summed E-state index contributed by atoms with van der Waals surface area (Å²) < 4.78 is 1.92. The third kappa shape index (κ3) is 6.45. The standard InChI is InChI=1S/C22H22Br2N4O/c1-15-4-3-5-16(2)22(15)27-21(29)14-28(12-19-10-17(23)6-8-25-19)13-20-11-18(24)7-9-26-20/h3-11H,12-14H2,1-2H3,(H,27,29). The van der Waals surface area contributed by atoms with Gasteiger partial charge in [0.05, 0.1) is 17.9 Å². The molecule has 0 bridgehead atoms. The zero-order chi connectivity index (χ0) is 20.8. The van der Waals surface area contributed by atoms with E-state index in [4.69, 9.17) is 0 Å². The zero-order valence-corrected chi connectivity index (χ0v) is 19.5. The van der Waals surface area contributed by atoms with E-state index in [2.05, 4.69) is 47.1 Å². The second kappa shape index (κ2) is 10.1. The highest BCUT2D eigenvalue weighted by atomic mass is 79.9. The highest BCUT2D eigenvalue weighted by molar-refractivity contribution is 9.10. The summed E-state index contributed by atoms with van der Waals surface area (Å²) in [7, 11) is 0. The highest BCUT2D eigenvalue weighted by Gasteiger charge is 2.15. The largest absolute Gasteiger partial charge is 0.324 e. The van der Waals surface area contributed by atoms with Crippen LogP contribution in [-0.4, -0.2) is 27.3 Å². The summed E-state index contributed by atoms with van der Waals surface area (Å²) in [6.07, 6.45) is 3.51. The Kier molecular flexibility index (Phi) is 7.52. The summed E-state index contributed by atoms with van der Waals surface area (Å²) >= 11 is 6.97. The van der Waals surface area contributed by atoms with Crippen LogP contribution >= 0.6 is 31.9 Å². The minimum Gasteiger partial charge on any atom is -0.324 e. The van der Waals surface area contributed by atoms with Crippen LogP contribution in [0.3, 0.4) is 0 Å². The average molecular weight is 518 g/mol. The van der Waals surface area contributed by atoms with E-state index in [0.29, 0.717) is 13.1 Å². The molecule has 0 aliphatic heterocycles. The van der Waals surface area contributed by atoms with E-state index in [1.165, 1.54) is 0 Å². The Morgan fingerprint density at radius 2 is 1.45 bits per heavy atom. The second-order valence-corrected chi connectivity index (χ2v) is 8.72. The molecule has 0 saturated heterocycles. The van der Waals surface area contributed by atoms with Crippen molar-refractivity contribution < 1.29 is 4.79 Å². The molecule has 0 atom stereocenters. The number of halogens is 2. The fraction of sp³-hybridized carbons (Fsp3) is 0.227. The van der Waals surface area contributed by atoms with Crippen LogP contribution < -0.4 is 5.32 Å². The first-order chi connectivity index (χ1) is 13.9. The summed E-state index contributed by atoms with van der Waals surface area (Å²) in [5.41, 5.74) is 4.74. The van der Waals surface area contributed by atoms with Crippen LogP contribution in [0.1, 0.15) is 22.5 Å². The number of nitrogens with one attached hydrogen (secondary N) is 1. The Hall–Kier alpha value is -2.09. The van der Waals surface area contributed by atoms with E-state index < -0.39 is 0 Å². The number of hydrogen-bond donors (Lipinski definition) is 1. The topological polar surface area (TPSA) is 58.1 Å². The monoisotopic (exact) mass is 516 g/mol. The van der Waals surface area contributed by atoms with Gasteiger partial charge >= 0.3 is 0 Å². The molecular weight excluding hydrogens is 496 g/mol. The molecule has 5 nitrogen and oxygen atoms in total. The number of aryl methyl sites for hydroxylation is 2. The number of aromatic nitrogens is 2. The van der Waals surface area contributed by atoms with Crippen molar-refractivity contribution in [1.82, 2.24) is 14.9 Å². The van der Waals surface area contributed by atoms with Gasteiger partial charge in [0.15, 0.2) is 0 Å². The van der Waals surface area contributed by atoms with Gasteiger partial charge in [-0.1, -0.05) is 50.1 Å². The van der Waals surface area contributed by atoms with Crippen LogP contribution in [-0.2, 0) is 17.9 Å². The van der Waals surface area contributed by atoms with Crippen molar-refractivity contribution in [3.8, 4) is 0 Å². The number of benzene rings is 1. The molecule has 1 amide bonds. The van der Waals surface area contributed by atoms with Crippen LogP contribution in [0.4, 0.5) is 5.69 Å². The summed E-state index contributed by atoms with van der Waals surface area (Å²) in [6.45, 7) is 5.30. The highest BCUT2D eigenvalue weighted by Crippen LogP contribution is 2.20. The molecule has 0 unspecified atom stereocenters. The molecule has 1 aromatic carbocycles. The Morgan fingerprint density at radius 1 is 0.931 bits per heavy atom. The number of carbonyl (C=O) groups is 1. The molecule has 0 aliphatic rings. The van der Waals surface area contributed by atoms with Gasteiger partial charge in [0.2, 0.25) is 5.91 Å². The van der Waals surface area contributed by atoms with E-state index in [1.807, 2.05) is 61.2 Å². The van der Waals surface area contributed by atoms with E-state index in [-0.39, 0.29) is 12.5 Å². The lowest BCUT2D eigenvalue weighted by molar-refractivity contribution is -0.117. The maximum Gasteiger partial charge on any atom is 0.238 e. The van der Waals surface area contributed by atoms with Gasteiger partial charge in [-0.3, -0.25) is 19.7 Å². The summed E-state index contributed by atoms with van der Waals surface area (Å²) in [6, 6.07) is 13.7. The predicted octanol–water partition coefficient (Wildman–Crippen LogP) is 5.26. The number of carbonyl (C=O) groups excluding carboxylic acids is 1. The van der Waals surface area contributed by atoms with Crippen molar-refractivity contribution in [3.63, 3.8) is 0 Å². The average Bonchev–Trinajstić information content (AvgIpc) is 2.65. The molecule has 0 radical (unpaired) electrons. The minimum atomic E-state index is -0.0626. The molecular formula is C22H22Br2N4O. The molecule has 2 aromatic heterocycles. The SMILES string of the molecule is Cc1cccc(C)c1NC(=O)CN(Cc1cc(Br)ccn1)Cc1cc(Br)ccn1. The van der Waals surface area contributed by atoms with Crippen molar-refractivity contribution in [1.29, 1.82) is 0 Å². The number of hydrogen-bond acceptors (Lipinski definition) is 4. The normalized spacial score (nSPS) is 10.9. The Morgan fingerprint density at radius 3 is 1.93 bits per heavy atom. The molecule has 0 fully saturated rings. The number of pyridine rings is 2. The Balaban J connectivity index is 1.77. The first-order valence-electron chi connectivity index (χ1n) is 9.20. The lowest BCUT2D eigenvalue weighted by Crippen LogP contribution is -2.33. The molecule has 3 rings (SSSR count). The van der Waals surface area contributed by atoms with Crippen LogP contribution in [0, 0.1) is 13.8 Å². The molecule has 150 valence electrons. The zero-order valence-electron chi connectivity index (χ0n) is 16.3. The van der Waals surface area contributed by atoms with E-state index in [0.717, 1.165) is 37.1 Å². The quantitative estimate of drug-likeness (QED) is 0.464. The molecule has 0 saturated carbocycles. The molecule has 0 aliphatic carbocycles. The van der Waals surface area contributed by atoms with Crippen molar-refractivity contribution >= 4 is 43.5 Å². The molecule has 29 heavy (non-hydrogen) atoms. The fourth-order valence-electron chi connectivity index (χ4n) is 3.09. The molecule has 1 N–H and O–H groups in total. The van der Waals surface area contributed by atoms with Gasteiger partial charge in [-0.05, 0) is 49.2 Å². The van der Waals surface area contributed by atoms with Crippen LogP contribution in [0.25, 0.3) is 0 Å². The Bertz CT molecular complexity index is 942. The molecule has 2 heterocycles. The van der Waals surface area contributed by atoms with Gasteiger partial charge in [-0.25, -0.2) is 0 Å². The number of amides is 1. The van der Waals surface area contributed by atoms with E-state index >= 15 is 0 Å². The number of nitrogens with zero attached hydrogens (tertiary/aromatic N) is 3. The number of rotatable bonds is 7. The third-order valence-electron chi connectivity index (χ3n) is 4.44.